The Labute approximate surface area is 124 Å². The number of alkyl halides is 1. The number of rotatable bonds is 6. The Morgan fingerprint density at radius 2 is 2.00 bits per heavy atom. The van der Waals surface area contributed by atoms with Crippen molar-refractivity contribution in [1.82, 2.24) is 14.5 Å². The van der Waals surface area contributed by atoms with Crippen molar-refractivity contribution in [3.8, 4) is 0 Å². The number of carbonyl (C=O) groups is 1. The van der Waals surface area contributed by atoms with Crippen LogP contribution in [0.4, 0.5) is 0 Å². The molecule has 1 heterocycles. The second-order valence-corrected chi connectivity index (χ2v) is 6.81. The summed E-state index contributed by atoms with van der Waals surface area (Å²) in [7, 11) is 1.83. The maximum Gasteiger partial charge on any atom is 0.267 e. The first-order valence-electron chi connectivity index (χ1n) is 6.52. The number of halogens is 1. The quantitative estimate of drug-likeness (QED) is 0.598. The van der Waals surface area contributed by atoms with E-state index in [4.69, 9.17) is 11.6 Å². The van der Waals surface area contributed by atoms with Crippen LogP contribution in [0.1, 0.15) is 55.4 Å². The van der Waals surface area contributed by atoms with E-state index in [1.54, 1.807) is 4.90 Å². The molecule has 0 fully saturated rings. The fourth-order valence-corrected chi connectivity index (χ4v) is 2.78. The molecule has 0 N–H and O–H groups in total. The van der Waals surface area contributed by atoms with Crippen LogP contribution in [0, 0.1) is 0 Å². The zero-order valence-electron chi connectivity index (χ0n) is 12.1. The number of unbranched alkanes of at least 4 members (excludes halogenated alkanes) is 2. The van der Waals surface area contributed by atoms with E-state index in [2.05, 4.69) is 9.59 Å². The number of hydrogen-bond donors (Lipinski definition) is 0. The van der Waals surface area contributed by atoms with Crippen molar-refractivity contribution in [1.29, 1.82) is 0 Å². The molecule has 0 aliphatic heterocycles. The van der Waals surface area contributed by atoms with Gasteiger partial charge in [0, 0.05) is 24.9 Å². The molecule has 4 nitrogen and oxygen atoms in total. The monoisotopic (exact) mass is 303 g/mol. The Morgan fingerprint density at radius 1 is 1.32 bits per heavy atom. The van der Waals surface area contributed by atoms with Crippen LogP contribution in [0.25, 0.3) is 0 Å². The molecular formula is C13H22ClN3OS. The van der Waals surface area contributed by atoms with E-state index in [-0.39, 0.29) is 11.3 Å². The fourth-order valence-electron chi connectivity index (χ4n) is 1.72. The van der Waals surface area contributed by atoms with E-state index in [1.165, 1.54) is 11.5 Å². The molecule has 0 aliphatic carbocycles. The van der Waals surface area contributed by atoms with Crippen LogP contribution in [0.5, 0.6) is 0 Å². The summed E-state index contributed by atoms with van der Waals surface area (Å²) in [5, 5.41) is 4.10. The first-order chi connectivity index (χ1) is 8.88. The summed E-state index contributed by atoms with van der Waals surface area (Å²) in [5.41, 5.74) is 0.632. The van der Waals surface area contributed by atoms with E-state index in [1.807, 2.05) is 27.8 Å². The SMILES string of the molecule is CN(CCCCCCl)C(=O)c1snnc1C(C)(C)C. The predicted molar refractivity (Wildman–Crippen MR) is 80.1 cm³/mol. The second-order valence-electron chi connectivity index (χ2n) is 5.68. The predicted octanol–water partition coefficient (Wildman–Crippen LogP) is 3.32. The largest absolute Gasteiger partial charge is 0.341 e. The Balaban J connectivity index is 2.65. The van der Waals surface area contributed by atoms with Crippen molar-refractivity contribution in [3.05, 3.63) is 10.6 Å². The van der Waals surface area contributed by atoms with Crippen LogP contribution in [-0.2, 0) is 5.41 Å². The molecule has 0 atom stereocenters. The van der Waals surface area contributed by atoms with Crippen molar-refractivity contribution in [2.45, 2.75) is 45.4 Å². The molecular weight excluding hydrogens is 282 g/mol. The average molecular weight is 304 g/mol. The van der Waals surface area contributed by atoms with Gasteiger partial charge in [-0.2, -0.15) is 0 Å². The standard InChI is InChI=1S/C13H22ClN3OS/c1-13(2,3)11-10(19-16-15-11)12(18)17(4)9-7-5-6-8-14/h5-9H2,1-4H3. The summed E-state index contributed by atoms with van der Waals surface area (Å²) < 4.78 is 3.93. The normalized spacial score (nSPS) is 11.6. The summed E-state index contributed by atoms with van der Waals surface area (Å²) in [5.74, 6) is 0.704. The minimum Gasteiger partial charge on any atom is -0.341 e. The van der Waals surface area contributed by atoms with Gasteiger partial charge in [-0.1, -0.05) is 31.7 Å². The lowest BCUT2D eigenvalue weighted by atomic mass is 9.91. The third-order valence-electron chi connectivity index (χ3n) is 2.87. The number of hydrogen-bond acceptors (Lipinski definition) is 4. The van der Waals surface area contributed by atoms with Crippen molar-refractivity contribution in [2.24, 2.45) is 0 Å². The van der Waals surface area contributed by atoms with Gasteiger partial charge in [0.25, 0.3) is 5.91 Å². The molecule has 0 saturated heterocycles. The first-order valence-corrected chi connectivity index (χ1v) is 7.83. The van der Waals surface area contributed by atoms with E-state index in [0.717, 1.165) is 31.5 Å². The number of nitrogens with zero attached hydrogens (tertiary/aromatic N) is 3. The molecule has 0 radical (unpaired) electrons. The zero-order chi connectivity index (χ0) is 14.5. The lowest BCUT2D eigenvalue weighted by molar-refractivity contribution is 0.0795. The average Bonchev–Trinajstić information content (AvgIpc) is 2.82. The molecule has 108 valence electrons. The Kier molecular flexibility index (Phi) is 6.20. The number of aromatic nitrogens is 2. The van der Waals surface area contributed by atoms with Crippen LogP contribution < -0.4 is 0 Å². The Bertz CT molecular complexity index is 414. The summed E-state index contributed by atoms with van der Waals surface area (Å²) in [6.45, 7) is 6.88. The van der Waals surface area contributed by atoms with Gasteiger partial charge in [0.2, 0.25) is 0 Å². The molecule has 1 aromatic heterocycles. The van der Waals surface area contributed by atoms with Crippen molar-refractivity contribution >= 4 is 29.0 Å². The highest BCUT2D eigenvalue weighted by Crippen LogP contribution is 2.26. The summed E-state index contributed by atoms with van der Waals surface area (Å²) in [4.78, 5) is 14.8. The molecule has 0 spiro atoms. The lowest BCUT2D eigenvalue weighted by Gasteiger charge is -2.20. The molecule has 6 heteroatoms. The summed E-state index contributed by atoms with van der Waals surface area (Å²) >= 11 is 6.82. The van der Waals surface area contributed by atoms with Gasteiger partial charge in [-0.25, -0.2) is 0 Å². The van der Waals surface area contributed by atoms with Crippen molar-refractivity contribution < 1.29 is 4.79 Å². The lowest BCUT2D eigenvalue weighted by Crippen LogP contribution is -2.29. The highest BCUT2D eigenvalue weighted by Gasteiger charge is 2.27. The highest BCUT2D eigenvalue weighted by molar-refractivity contribution is 7.08. The molecule has 1 aromatic rings. The van der Waals surface area contributed by atoms with Gasteiger partial charge in [0.1, 0.15) is 4.88 Å². The van der Waals surface area contributed by atoms with E-state index in [9.17, 15) is 4.79 Å². The summed E-state index contributed by atoms with van der Waals surface area (Å²) in [6.07, 6.45) is 3.03. The molecule has 0 aliphatic rings. The molecule has 0 saturated carbocycles. The third-order valence-corrected chi connectivity index (χ3v) is 3.85. The van der Waals surface area contributed by atoms with Gasteiger partial charge in [-0.3, -0.25) is 4.79 Å². The van der Waals surface area contributed by atoms with Gasteiger partial charge in [-0.15, -0.1) is 16.7 Å². The van der Waals surface area contributed by atoms with Crippen LogP contribution in [0.2, 0.25) is 0 Å². The van der Waals surface area contributed by atoms with Crippen LogP contribution in [0.3, 0.4) is 0 Å². The molecule has 1 rings (SSSR count). The second kappa shape index (κ2) is 7.20. The van der Waals surface area contributed by atoms with Crippen LogP contribution in [-0.4, -0.2) is 39.9 Å². The molecule has 0 bridgehead atoms. The highest BCUT2D eigenvalue weighted by atomic mass is 35.5. The molecule has 0 aromatic carbocycles. The number of carbonyl (C=O) groups excluding carboxylic acids is 1. The third kappa shape index (κ3) is 4.73. The van der Waals surface area contributed by atoms with Gasteiger partial charge in [-0.05, 0) is 24.4 Å². The van der Waals surface area contributed by atoms with Gasteiger partial charge >= 0.3 is 0 Å². The topological polar surface area (TPSA) is 46.1 Å². The minimum absolute atomic E-state index is 0.0193. The Hall–Kier alpha value is -0.680. The first kappa shape index (κ1) is 16.4. The maximum atomic E-state index is 12.4. The minimum atomic E-state index is -0.155. The van der Waals surface area contributed by atoms with E-state index >= 15 is 0 Å². The van der Waals surface area contributed by atoms with E-state index in [0.29, 0.717) is 10.8 Å². The number of amides is 1. The summed E-state index contributed by atoms with van der Waals surface area (Å²) in [6, 6.07) is 0. The van der Waals surface area contributed by atoms with E-state index < -0.39 is 0 Å². The maximum absolute atomic E-state index is 12.4. The van der Waals surface area contributed by atoms with Crippen LogP contribution in [0.15, 0.2) is 0 Å². The molecule has 19 heavy (non-hydrogen) atoms. The fraction of sp³-hybridized carbons (Fsp3) is 0.769. The van der Waals surface area contributed by atoms with Crippen LogP contribution >= 0.6 is 23.1 Å². The van der Waals surface area contributed by atoms with Crippen molar-refractivity contribution in [2.75, 3.05) is 19.5 Å². The van der Waals surface area contributed by atoms with Gasteiger partial charge in [0.15, 0.2) is 0 Å². The van der Waals surface area contributed by atoms with Gasteiger partial charge in [0.05, 0.1) is 5.69 Å². The van der Waals surface area contributed by atoms with Crippen molar-refractivity contribution in [3.63, 3.8) is 0 Å². The molecule has 1 amide bonds. The smallest absolute Gasteiger partial charge is 0.267 e. The van der Waals surface area contributed by atoms with Gasteiger partial charge < -0.3 is 4.90 Å². The Morgan fingerprint density at radius 3 is 2.58 bits per heavy atom. The molecule has 0 unspecified atom stereocenters. The zero-order valence-corrected chi connectivity index (χ0v) is 13.6.